The Kier molecular flexibility index (Phi) is 4.14. The van der Waals surface area contributed by atoms with Crippen molar-refractivity contribution in [3.8, 4) is 11.5 Å². The topological polar surface area (TPSA) is 51.0 Å². The average molecular weight is 310 g/mol. The monoisotopic (exact) mass is 309 g/mol. The first-order chi connectivity index (χ1) is 8.56. The minimum absolute atomic E-state index is 0.405. The summed E-state index contributed by atoms with van der Waals surface area (Å²) in [6.07, 6.45) is 0. The van der Waals surface area contributed by atoms with Crippen LogP contribution in [0.2, 0.25) is 0 Å². The first-order valence-electron chi connectivity index (χ1n) is 5.89. The zero-order valence-corrected chi connectivity index (χ0v) is 12.3. The number of aryl methyl sites for hydroxylation is 1. The van der Waals surface area contributed by atoms with Crippen LogP contribution in [-0.2, 0) is 6.54 Å². The van der Waals surface area contributed by atoms with Gasteiger partial charge in [-0.15, -0.1) is 0 Å². The quantitative estimate of drug-likeness (QED) is 0.941. The average Bonchev–Trinajstić information content (AvgIpc) is 2.79. The number of aromatic nitrogens is 2. The van der Waals surface area contributed by atoms with Crippen molar-refractivity contribution in [1.29, 1.82) is 0 Å². The summed E-state index contributed by atoms with van der Waals surface area (Å²) in [7, 11) is 0. The highest BCUT2D eigenvalue weighted by Gasteiger charge is 2.09. The Morgan fingerprint density at radius 3 is 2.83 bits per heavy atom. The molecular formula is C13H16BrN3O. The van der Waals surface area contributed by atoms with E-state index in [9.17, 15) is 0 Å². The maximum atomic E-state index is 5.26. The van der Waals surface area contributed by atoms with Gasteiger partial charge in [0.25, 0.3) is 5.89 Å². The van der Waals surface area contributed by atoms with Gasteiger partial charge >= 0.3 is 0 Å². The molecule has 96 valence electrons. The Morgan fingerprint density at radius 1 is 1.39 bits per heavy atom. The first kappa shape index (κ1) is 13.2. The van der Waals surface area contributed by atoms with Crippen LogP contribution in [0.15, 0.2) is 27.2 Å². The normalized spacial score (nSPS) is 11.2. The maximum absolute atomic E-state index is 5.26. The highest BCUT2D eigenvalue weighted by molar-refractivity contribution is 9.10. The second-order valence-corrected chi connectivity index (χ2v) is 5.37. The summed E-state index contributed by atoms with van der Waals surface area (Å²) in [4.78, 5) is 4.37. The minimum Gasteiger partial charge on any atom is -0.334 e. The molecule has 1 heterocycles. The van der Waals surface area contributed by atoms with Crippen molar-refractivity contribution in [3.63, 3.8) is 0 Å². The molecule has 0 unspecified atom stereocenters. The Morgan fingerprint density at radius 2 is 2.17 bits per heavy atom. The fourth-order valence-corrected chi connectivity index (χ4v) is 1.76. The van der Waals surface area contributed by atoms with Gasteiger partial charge in [-0.25, -0.2) is 0 Å². The molecule has 1 aromatic carbocycles. The van der Waals surface area contributed by atoms with Crippen LogP contribution in [0.4, 0.5) is 0 Å². The van der Waals surface area contributed by atoms with Crippen LogP contribution < -0.4 is 5.32 Å². The van der Waals surface area contributed by atoms with E-state index in [1.54, 1.807) is 0 Å². The molecule has 0 atom stereocenters. The minimum atomic E-state index is 0.405. The molecule has 0 amide bonds. The molecule has 4 nitrogen and oxygen atoms in total. The highest BCUT2D eigenvalue weighted by atomic mass is 79.9. The molecule has 2 rings (SSSR count). The number of rotatable bonds is 4. The molecule has 0 fully saturated rings. The van der Waals surface area contributed by atoms with E-state index in [-0.39, 0.29) is 0 Å². The largest absolute Gasteiger partial charge is 0.334 e. The van der Waals surface area contributed by atoms with Crippen molar-refractivity contribution in [2.75, 3.05) is 0 Å². The Balaban J connectivity index is 2.16. The van der Waals surface area contributed by atoms with Crippen molar-refractivity contribution >= 4 is 15.9 Å². The second-order valence-electron chi connectivity index (χ2n) is 4.52. The van der Waals surface area contributed by atoms with E-state index in [0.29, 0.717) is 24.3 Å². The maximum Gasteiger partial charge on any atom is 0.257 e. The zero-order chi connectivity index (χ0) is 13.1. The number of hydrogen-bond acceptors (Lipinski definition) is 4. The summed E-state index contributed by atoms with van der Waals surface area (Å²) in [6.45, 7) is 6.82. The molecule has 0 aliphatic carbocycles. The van der Waals surface area contributed by atoms with E-state index in [0.717, 1.165) is 15.6 Å². The summed E-state index contributed by atoms with van der Waals surface area (Å²) < 4.78 is 6.34. The standard InChI is InChI=1S/C13H16BrN3O/c1-8(2)15-7-12-16-13(18-17-12)10-4-5-11(14)9(3)6-10/h4-6,8,15H,7H2,1-3H3. The van der Waals surface area contributed by atoms with E-state index in [1.807, 2.05) is 25.1 Å². The summed E-state index contributed by atoms with van der Waals surface area (Å²) in [5.41, 5.74) is 2.09. The summed E-state index contributed by atoms with van der Waals surface area (Å²) in [6, 6.07) is 6.38. The molecule has 0 bridgehead atoms. The summed E-state index contributed by atoms with van der Waals surface area (Å²) >= 11 is 3.47. The smallest absolute Gasteiger partial charge is 0.257 e. The molecule has 0 aliphatic heterocycles. The van der Waals surface area contributed by atoms with E-state index in [4.69, 9.17) is 4.52 Å². The van der Waals surface area contributed by atoms with E-state index >= 15 is 0 Å². The van der Waals surface area contributed by atoms with Gasteiger partial charge in [-0.1, -0.05) is 34.9 Å². The van der Waals surface area contributed by atoms with E-state index in [2.05, 4.69) is 45.2 Å². The number of nitrogens with zero attached hydrogens (tertiary/aromatic N) is 2. The van der Waals surface area contributed by atoms with Gasteiger partial charge in [-0.3, -0.25) is 0 Å². The van der Waals surface area contributed by atoms with Gasteiger partial charge in [0, 0.05) is 16.1 Å². The SMILES string of the molecule is Cc1cc(-c2nc(CNC(C)C)no2)ccc1Br. The van der Waals surface area contributed by atoms with Crippen LogP contribution >= 0.6 is 15.9 Å². The van der Waals surface area contributed by atoms with Crippen LogP contribution in [0.25, 0.3) is 11.5 Å². The summed E-state index contributed by atoms with van der Waals surface area (Å²) in [5.74, 6) is 1.24. The predicted molar refractivity (Wildman–Crippen MR) is 74.1 cm³/mol. The molecule has 0 radical (unpaired) electrons. The van der Waals surface area contributed by atoms with Crippen molar-refractivity contribution in [2.24, 2.45) is 0 Å². The number of hydrogen-bond donors (Lipinski definition) is 1. The number of benzene rings is 1. The lowest BCUT2D eigenvalue weighted by Crippen LogP contribution is -2.22. The Bertz CT molecular complexity index is 537. The molecule has 0 spiro atoms. The van der Waals surface area contributed by atoms with Crippen molar-refractivity contribution in [3.05, 3.63) is 34.1 Å². The van der Waals surface area contributed by atoms with Crippen LogP contribution in [0, 0.1) is 6.92 Å². The lowest BCUT2D eigenvalue weighted by molar-refractivity contribution is 0.417. The third-order valence-electron chi connectivity index (χ3n) is 2.54. The van der Waals surface area contributed by atoms with Crippen LogP contribution in [0.1, 0.15) is 25.2 Å². The molecule has 1 N–H and O–H groups in total. The van der Waals surface area contributed by atoms with Gasteiger partial charge in [0.05, 0.1) is 6.54 Å². The lowest BCUT2D eigenvalue weighted by Gasteiger charge is -2.03. The highest BCUT2D eigenvalue weighted by Crippen LogP contribution is 2.23. The predicted octanol–water partition coefficient (Wildman–Crippen LogP) is 3.31. The van der Waals surface area contributed by atoms with Crippen LogP contribution in [0.3, 0.4) is 0 Å². The molecular weight excluding hydrogens is 294 g/mol. The van der Waals surface area contributed by atoms with Crippen molar-refractivity contribution in [2.45, 2.75) is 33.4 Å². The molecule has 2 aromatic rings. The molecule has 0 aliphatic rings. The summed E-state index contributed by atoms with van der Waals surface area (Å²) in [5, 5.41) is 7.21. The van der Waals surface area contributed by atoms with Gasteiger partial charge in [-0.2, -0.15) is 4.98 Å². The molecule has 0 saturated carbocycles. The second kappa shape index (κ2) is 5.63. The molecule has 5 heteroatoms. The third-order valence-corrected chi connectivity index (χ3v) is 3.43. The van der Waals surface area contributed by atoms with E-state index < -0.39 is 0 Å². The Hall–Kier alpha value is -1.20. The van der Waals surface area contributed by atoms with Gasteiger partial charge in [0.15, 0.2) is 5.82 Å². The van der Waals surface area contributed by atoms with Gasteiger partial charge in [0.2, 0.25) is 0 Å². The van der Waals surface area contributed by atoms with Crippen LogP contribution in [-0.4, -0.2) is 16.2 Å². The molecule has 1 aromatic heterocycles. The van der Waals surface area contributed by atoms with E-state index in [1.165, 1.54) is 0 Å². The fraction of sp³-hybridized carbons (Fsp3) is 0.385. The molecule has 0 saturated heterocycles. The lowest BCUT2D eigenvalue weighted by atomic mass is 10.1. The van der Waals surface area contributed by atoms with Crippen molar-refractivity contribution in [1.82, 2.24) is 15.5 Å². The number of nitrogens with one attached hydrogen (secondary N) is 1. The van der Waals surface area contributed by atoms with Crippen molar-refractivity contribution < 1.29 is 4.52 Å². The van der Waals surface area contributed by atoms with Gasteiger partial charge in [0.1, 0.15) is 0 Å². The van der Waals surface area contributed by atoms with Crippen LogP contribution in [0.5, 0.6) is 0 Å². The molecule has 18 heavy (non-hydrogen) atoms. The first-order valence-corrected chi connectivity index (χ1v) is 6.68. The van der Waals surface area contributed by atoms with Gasteiger partial charge in [-0.05, 0) is 30.7 Å². The number of halogens is 1. The Labute approximate surface area is 115 Å². The zero-order valence-electron chi connectivity index (χ0n) is 10.7. The third kappa shape index (κ3) is 3.17. The fourth-order valence-electron chi connectivity index (χ4n) is 1.52. The van der Waals surface area contributed by atoms with Gasteiger partial charge < -0.3 is 9.84 Å².